The minimum absolute atomic E-state index is 0.320. The molecule has 0 bridgehead atoms. The Bertz CT molecular complexity index is 1040. The molecule has 4 atom stereocenters. The maximum Gasteiger partial charge on any atom is 0.101 e. The van der Waals surface area contributed by atoms with E-state index in [1.165, 1.54) is 167 Å². The first kappa shape index (κ1) is 54.3. The average Bonchev–Trinajstić information content (AvgIpc) is 3.26. The number of hydrogen-bond donors (Lipinski definition) is 2. The number of rotatable bonds is 45. The van der Waals surface area contributed by atoms with Crippen LogP contribution in [0.5, 0.6) is 0 Å². The monoisotopic (exact) mass is 839 g/mol. The van der Waals surface area contributed by atoms with E-state index in [-0.39, 0.29) is 0 Å². The van der Waals surface area contributed by atoms with Gasteiger partial charge in [0.25, 0.3) is 0 Å². The highest BCUT2D eigenvalue weighted by Gasteiger charge is 2.09. The van der Waals surface area contributed by atoms with Gasteiger partial charge >= 0.3 is 0 Å². The second-order valence-corrected chi connectivity index (χ2v) is 18.3. The molecule has 0 aliphatic carbocycles. The van der Waals surface area contributed by atoms with Crippen LogP contribution in [0.25, 0.3) is 0 Å². The lowest BCUT2D eigenvalue weighted by Gasteiger charge is -2.15. The Morgan fingerprint density at radius 1 is 0.333 bits per heavy atom. The molecule has 0 saturated carbocycles. The van der Waals surface area contributed by atoms with Gasteiger partial charge in [0.1, 0.15) is 12.2 Å². The molecule has 2 aromatic rings. The zero-order valence-corrected chi connectivity index (χ0v) is 39.1. The number of benzene rings is 2. The molecule has 2 rings (SSSR count). The minimum atomic E-state index is -0.550. The van der Waals surface area contributed by atoms with Crippen LogP contribution in [0.1, 0.15) is 205 Å². The van der Waals surface area contributed by atoms with Crippen LogP contribution >= 0.6 is 0 Å². The third kappa shape index (κ3) is 35.8. The quantitative estimate of drug-likeness (QED) is 0.0647. The third-order valence-electron chi connectivity index (χ3n) is 12.1. The Morgan fingerprint density at radius 3 is 0.917 bits per heavy atom. The van der Waals surface area contributed by atoms with Gasteiger partial charge in [0.2, 0.25) is 0 Å². The Hall–Kier alpha value is -1.80. The summed E-state index contributed by atoms with van der Waals surface area (Å²) in [6.07, 6.45) is 37.1. The van der Waals surface area contributed by atoms with Crippen molar-refractivity contribution in [3.05, 3.63) is 71.8 Å². The van der Waals surface area contributed by atoms with Crippen LogP contribution in [0.15, 0.2) is 60.7 Å². The molecule has 0 aliphatic rings. The molecule has 0 fully saturated rings. The SMILES string of the molecule is CC(CCCCCCCCCCCCCCOCC(O)COCc1ccccc1)CCC(C)CCCCCCCCCCCCCCOC[C@H](O)COCc1ccccc1. The van der Waals surface area contributed by atoms with E-state index in [0.29, 0.717) is 39.6 Å². The van der Waals surface area contributed by atoms with E-state index in [1.807, 2.05) is 60.7 Å². The van der Waals surface area contributed by atoms with Crippen LogP contribution in [0.3, 0.4) is 0 Å². The Labute approximate surface area is 370 Å². The largest absolute Gasteiger partial charge is 0.388 e. The lowest BCUT2D eigenvalue weighted by Crippen LogP contribution is -2.22. The van der Waals surface area contributed by atoms with Crippen molar-refractivity contribution in [1.82, 2.24) is 0 Å². The van der Waals surface area contributed by atoms with Crippen molar-refractivity contribution in [3.63, 3.8) is 0 Å². The normalized spacial score (nSPS) is 13.7. The third-order valence-corrected chi connectivity index (χ3v) is 12.1. The molecule has 6 nitrogen and oxygen atoms in total. The van der Waals surface area contributed by atoms with E-state index in [9.17, 15) is 10.2 Å². The van der Waals surface area contributed by atoms with Crippen LogP contribution in [-0.2, 0) is 32.2 Å². The summed E-state index contributed by atoms with van der Waals surface area (Å²) in [5, 5.41) is 20.1. The first-order valence-electron chi connectivity index (χ1n) is 25.3. The average molecular weight is 839 g/mol. The smallest absolute Gasteiger partial charge is 0.101 e. The van der Waals surface area contributed by atoms with Crippen LogP contribution in [-0.4, -0.2) is 62.1 Å². The van der Waals surface area contributed by atoms with Gasteiger partial charge in [0.05, 0.1) is 39.6 Å². The highest BCUT2D eigenvalue weighted by molar-refractivity contribution is 5.14. The van der Waals surface area contributed by atoms with Crippen LogP contribution in [0.2, 0.25) is 0 Å². The molecule has 2 aromatic carbocycles. The summed E-state index contributed by atoms with van der Waals surface area (Å²) in [5.41, 5.74) is 2.25. The van der Waals surface area contributed by atoms with E-state index < -0.39 is 12.2 Å². The molecule has 0 amide bonds. The number of aliphatic hydroxyl groups excluding tert-OH is 2. The van der Waals surface area contributed by atoms with Crippen molar-refractivity contribution in [2.24, 2.45) is 11.8 Å². The van der Waals surface area contributed by atoms with Gasteiger partial charge in [-0.25, -0.2) is 0 Å². The highest BCUT2D eigenvalue weighted by atomic mass is 16.5. The predicted molar refractivity (Wildman–Crippen MR) is 253 cm³/mol. The van der Waals surface area contributed by atoms with Crippen molar-refractivity contribution < 1.29 is 29.2 Å². The van der Waals surface area contributed by atoms with Crippen LogP contribution < -0.4 is 0 Å². The fourth-order valence-electron chi connectivity index (χ4n) is 8.10. The predicted octanol–water partition coefficient (Wildman–Crippen LogP) is 14.4. The van der Waals surface area contributed by atoms with Gasteiger partial charge in [-0.3, -0.25) is 0 Å². The molecular formula is C54H94O6. The topological polar surface area (TPSA) is 77.4 Å². The Morgan fingerprint density at radius 2 is 0.600 bits per heavy atom. The second kappa shape index (κ2) is 41.2. The van der Waals surface area contributed by atoms with E-state index in [2.05, 4.69) is 13.8 Å². The lowest BCUT2D eigenvalue weighted by molar-refractivity contribution is -0.0239. The van der Waals surface area contributed by atoms with Crippen molar-refractivity contribution in [3.8, 4) is 0 Å². The Kier molecular flexibility index (Phi) is 37.3. The summed E-state index contributed by atoms with van der Waals surface area (Å²) >= 11 is 0. The first-order chi connectivity index (χ1) is 29.5. The van der Waals surface area contributed by atoms with Crippen LogP contribution in [0, 0.1) is 11.8 Å². The number of ether oxygens (including phenoxy) is 4. The summed E-state index contributed by atoms with van der Waals surface area (Å²) in [7, 11) is 0. The number of hydrogen-bond acceptors (Lipinski definition) is 6. The summed E-state index contributed by atoms with van der Waals surface area (Å²) in [5.74, 6) is 1.79. The molecule has 0 saturated heterocycles. The molecule has 0 aromatic heterocycles. The maximum absolute atomic E-state index is 10.0. The van der Waals surface area contributed by atoms with Gasteiger partial charge in [-0.15, -0.1) is 0 Å². The second-order valence-electron chi connectivity index (χ2n) is 18.3. The van der Waals surface area contributed by atoms with E-state index in [0.717, 1.165) is 49.0 Å². The van der Waals surface area contributed by atoms with Gasteiger partial charge in [-0.2, -0.15) is 0 Å². The van der Waals surface area contributed by atoms with E-state index in [1.54, 1.807) is 0 Å². The van der Waals surface area contributed by atoms with E-state index >= 15 is 0 Å². The summed E-state index contributed by atoms with van der Waals surface area (Å²) < 4.78 is 22.5. The lowest BCUT2D eigenvalue weighted by atomic mass is 9.91. The molecule has 3 unspecified atom stereocenters. The van der Waals surface area contributed by atoms with Crippen LogP contribution in [0.4, 0.5) is 0 Å². The fourth-order valence-corrected chi connectivity index (χ4v) is 8.10. The standard InChI is InChI=1S/C54H94O6/c1-49(33-25-19-15-11-7-3-5-9-13-17-21-31-41-57-45-53(55)47-59-43-51-35-27-23-28-36-51)39-40-50(2)34-26-20-16-12-8-4-6-10-14-18-22-32-42-58-46-54(56)48-60-44-52-37-29-24-30-38-52/h23-24,27-30,35-38,49-50,53-56H,3-22,25-26,31-34,39-48H2,1-2H3/t49?,50?,53-,54?/m0/s1. The van der Waals surface area contributed by atoms with Gasteiger partial charge in [-0.1, -0.05) is 241 Å². The molecule has 0 spiro atoms. The molecule has 6 heteroatoms. The zero-order chi connectivity index (χ0) is 42.8. The number of aliphatic hydroxyl groups is 2. The highest BCUT2D eigenvalue weighted by Crippen LogP contribution is 2.23. The van der Waals surface area contributed by atoms with Crippen molar-refractivity contribution in [1.29, 1.82) is 0 Å². The maximum atomic E-state index is 10.0. The van der Waals surface area contributed by atoms with Gasteiger partial charge < -0.3 is 29.2 Å². The molecule has 346 valence electrons. The molecule has 60 heavy (non-hydrogen) atoms. The molecule has 0 aliphatic heterocycles. The number of unbranched alkanes of at least 4 members (excludes halogenated alkanes) is 22. The van der Waals surface area contributed by atoms with Crippen molar-refractivity contribution in [2.75, 3.05) is 39.6 Å². The minimum Gasteiger partial charge on any atom is -0.388 e. The summed E-state index contributed by atoms with van der Waals surface area (Å²) in [6.45, 7) is 8.88. The van der Waals surface area contributed by atoms with Gasteiger partial charge in [0.15, 0.2) is 0 Å². The van der Waals surface area contributed by atoms with Crippen molar-refractivity contribution in [2.45, 2.75) is 219 Å². The molecular weight excluding hydrogens is 745 g/mol. The molecule has 0 heterocycles. The van der Waals surface area contributed by atoms with Gasteiger partial charge in [-0.05, 0) is 35.8 Å². The summed E-state index contributed by atoms with van der Waals surface area (Å²) in [6, 6.07) is 20.1. The van der Waals surface area contributed by atoms with Crippen molar-refractivity contribution >= 4 is 0 Å². The van der Waals surface area contributed by atoms with Gasteiger partial charge in [0, 0.05) is 13.2 Å². The van der Waals surface area contributed by atoms with E-state index in [4.69, 9.17) is 18.9 Å². The Balaban J connectivity index is 1.19. The first-order valence-corrected chi connectivity index (χ1v) is 25.3. The fraction of sp³-hybridized carbons (Fsp3) is 0.778. The molecule has 0 radical (unpaired) electrons. The zero-order valence-electron chi connectivity index (χ0n) is 39.1. The molecule has 2 N–H and O–H groups in total. The summed E-state index contributed by atoms with van der Waals surface area (Å²) in [4.78, 5) is 0.